The molecule has 0 spiro atoms. The van der Waals surface area contributed by atoms with Gasteiger partial charge in [-0.05, 0) is 22.8 Å². The summed E-state index contributed by atoms with van der Waals surface area (Å²) in [6.07, 6.45) is 0. The first-order chi connectivity index (χ1) is 11.8. The Labute approximate surface area is 142 Å². The summed E-state index contributed by atoms with van der Waals surface area (Å²) >= 11 is 0. The van der Waals surface area contributed by atoms with Gasteiger partial charge in [-0.1, -0.05) is 79.7 Å². The molecule has 0 fully saturated rings. The summed E-state index contributed by atoms with van der Waals surface area (Å²) in [7, 11) is 0. The van der Waals surface area contributed by atoms with Gasteiger partial charge in [-0.3, -0.25) is 0 Å². The normalized spacial score (nSPS) is 20.9. The molecule has 3 aromatic rings. The van der Waals surface area contributed by atoms with Gasteiger partial charge >= 0.3 is 0 Å². The molecule has 2 unspecified atom stereocenters. The highest BCUT2D eigenvalue weighted by atomic mass is 16.5. The van der Waals surface area contributed by atoms with E-state index in [4.69, 9.17) is 4.74 Å². The third kappa shape index (κ3) is 1.81. The Kier molecular flexibility index (Phi) is 2.90. The van der Waals surface area contributed by atoms with Crippen molar-refractivity contribution in [2.45, 2.75) is 18.8 Å². The minimum absolute atomic E-state index is 0.258. The van der Waals surface area contributed by atoms with Crippen molar-refractivity contribution in [1.82, 2.24) is 0 Å². The summed E-state index contributed by atoms with van der Waals surface area (Å²) in [5, 5.41) is 0. The van der Waals surface area contributed by atoms with Crippen molar-refractivity contribution in [3.05, 3.63) is 107 Å². The molecular weight excluding hydrogens is 292 g/mol. The standard InChI is InChI=1S/C23H18O/c1-15-17-11-5-6-12-18(17)23-21(15)22(16-9-3-2-4-10-16)19-13-7-8-14-20(19)24-23/h2-15,22H,1H3. The topological polar surface area (TPSA) is 9.23 Å². The van der Waals surface area contributed by atoms with E-state index in [1.54, 1.807) is 0 Å². The number of para-hydroxylation sites is 1. The second-order valence-corrected chi connectivity index (χ2v) is 6.58. The Hall–Kier alpha value is -2.80. The second-order valence-electron chi connectivity index (χ2n) is 6.58. The zero-order valence-corrected chi connectivity index (χ0v) is 13.6. The van der Waals surface area contributed by atoms with Gasteiger partial charge < -0.3 is 4.74 Å². The van der Waals surface area contributed by atoms with E-state index in [1.165, 1.54) is 27.8 Å². The molecule has 116 valence electrons. The summed E-state index contributed by atoms with van der Waals surface area (Å²) in [4.78, 5) is 0. The van der Waals surface area contributed by atoms with Crippen LogP contribution < -0.4 is 4.74 Å². The van der Waals surface area contributed by atoms with Crippen molar-refractivity contribution in [2.24, 2.45) is 0 Å². The molecule has 0 saturated heterocycles. The molecule has 24 heavy (non-hydrogen) atoms. The molecule has 1 aliphatic heterocycles. The molecule has 2 atom stereocenters. The van der Waals surface area contributed by atoms with Crippen molar-refractivity contribution < 1.29 is 4.74 Å². The highest BCUT2D eigenvalue weighted by molar-refractivity contribution is 5.80. The Morgan fingerprint density at radius 3 is 2.21 bits per heavy atom. The number of ether oxygens (including phenoxy) is 1. The Balaban J connectivity index is 1.78. The monoisotopic (exact) mass is 310 g/mol. The molecule has 1 heteroatoms. The number of hydrogen-bond acceptors (Lipinski definition) is 1. The molecule has 1 nitrogen and oxygen atoms in total. The number of rotatable bonds is 1. The molecule has 2 aliphatic rings. The maximum atomic E-state index is 6.38. The van der Waals surface area contributed by atoms with Gasteiger partial charge in [-0.15, -0.1) is 0 Å². The van der Waals surface area contributed by atoms with Crippen LogP contribution in [0.5, 0.6) is 5.75 Å². The fraction of sp³-hybridized carbons (Fsp3) is 0.130. The third-order valence-electron chi connectivity index (χ3n) is 5.29. The zero-order valence-electron chi connectivity index (χ0n) is 13.6. The lowest BCUT2D eigenvalue weighted by molar-refractivity contribution is 0.483. The smallest absolute Gasteiger partial charge is 0.135 e. The van der Waals surface area contributed by atoms with Crippen LogP contribution in [-0.2, 0) is 0 Å². The lowest BCUT2D eigenvalue weighted by atomic mass is 9.78. The van der Waals surface area contributed by atoms with Crippen LogP contribution in [0.25, 0.3) is 5.76 Å². The van der Waals surface area contributed by atoms with Crippen molar-refractivity contribution >= 4 is 5.76 Å². The van der Waals surface area contributed by atoms with Crippen LogP contribution in [0.2, 0.25) is 0 Å². The average Bonchev–Trinajstić information content (AvgIpc) is 2.93. The summed E-state index contributed by atoms with van der Waals surface area (Å²) in [5.41, 5.74) is 6.61. The fourth-order valence-corrected chi connectivity index (χ4v) is 4.19. The van der Waals surface area contributed by atoms with E-state index < -0.39 is 0 Å². The first-order valence-corrected chi connectivity index (χ1v) is 8.49. The van der Waals surface area contributed by atoms with E-state index in [0.717, 1.165) is 11.5 Å². The lowest BCUT2D eigenvalue weighted by Crippen LogP contribution is -2.15. The molecule has 1 heterocycles. The SMILES string of the molecule is CC1C2=C(Oc3ccccc3C2c2ccccc2)c2ccccc21. The van der Waals surface area contributed by atoms with Gasteiger partial charge in [0, 0.05) is 23.0 Å². The molecule has 0 saturated carbocycles. The number of allylic oxidation sites excluding steroid dienone is 1. The van der Waals surface area contributed by atoms with Gasteiger partial charge in [0.05, 0.1) is 0 Å². The van der Waals surface area contributed by atoms with Crippen LogP contribution in [0.3, 0.4) is 0 Å². The largest absolute Gasteiger partial charge is 0.456 e. The van der Waals surface area contributed by atoms with E-state index in [1.807, 2.05) is 0 Å². The van der Waals surface area contributed by atoms with Crippen LogP contribution in [-0.4, -0.2) is 0 Å². The molecule has 1 aliphatic carbocycles. The predicted octanol–water partition coefficient (Wildman–Crippen LogP) is 5.74. The van der Waals surface area contributed by atoms with Gasteiger partial charge in [-0.2, -0.15) is 0 Å². The molecule has 0 radical (unpaired) electrons. The summed E-state index contributed by atoms with van der Waals surface area (Å²) in [6.45, 7) is 2.30. The summed E-state index contributed by atoms with van der Waals surface area (Å²) in [5.74, 6) is 2.67. The van der Waals surface area contributed by atoms with Gasteiger partial charge in [0.1, 0.15) is 11.5 Å². The van der Waals surface area contributed by atoms with Gasteiger partial charge in [0.2, 0.25) is 0 Å². The fourth-order valence-electron chi connectivity index (χ4n) is 4.19. The molecule has 5 rings (SSSR count). The Morgan fingerprint density at radius 1 is 0.708 bits per heavy atom. The Bertz CT molecular complexity index is 953. The summed E-state index contributed by atoms with van der Waals surface area (Å²) in [6, 6.07) is 27.9. The van der Waals surface area contributed by atoms with Crippen LogP contribution in [0.15, 0.2) is 84.4 Å². The minimum Gasteiger partial charge on any atom is -0.456 e. The van der Waals surface area contributed by atoms with Crippen LogP contribution in [0.4, 0.5) is 0 Å². The average molecular weight is 310 g/mol. The zero-order chi connectivity index (χ0) is 16.1. The molecule has 3 aromatic carbocycles. The predicted molar refractivity (Wildman–Crippen MR) is 97.1 cm³/mol. The van der Waals surface area contributed by atoms with E-state index >= 15 is 0 Å². The van der Waals surface area contributed by atoms with Crippen molar-refractivity contribution in [1.29, 1.82) is 0 Å². The summed E-state index contributed by atoms with van der Waals surface area (Å²) < 4.78 is 6.38. The number of fused-ring (bicyclic) bond motifs is 3. The van der Waals surface area contributed by atoms with Crippen LogP contribution >= 0.6 is 0 Å². The van der Waals surface area contributed by atoms with E-state index in [2.05, 4.69) is 85.8 Å². The highest BCUT2D eigenvalue weighted by Crippen LogP contribution is 2.54. The van der Waals surface area contributed by atoms with Crippen molar-refractivity contribution in [3.8, 4) is 5.75 Å². The first kappa shape index (κ1) is 13.6. The molecule has 0 aromatic heterocycles. The third-order valence-corrected chi connectivity index (χ3v) is 5.29. The van der Waals surface area contributed by atoms with Gasteiger partial charge in [0.25, 0.3) is 0 Å². The number of benzene rings is 3. The van der Waals surface area contributed by atoms with Gasteiger partial charge in [-0.25, -0.2) is 0 Å². The van der Waals surface area contributed by atoms with E-state index in [-0.39, 0.29) is 5.92 Å². The molecule has 0 bridgehead atoms. The van der Waals surface area contributed by atoms with Crippen molar-refractivity contribution in [2.75, 3.05) is 0 Å². The van der Waals surface area contributed by atoms with Gasteiger partial charge in [0.15, 0.2) is 0 Å². The first-order valence-electron chi connectivity index (χ1n) is 8.49. The number of hydrogen-bond donors (Lipinski definition) is 0. The van der Waals surface area contributed by atoms with Crippen LogP contribution in [0, 0.1) is 0 Å². The second kappa shape index (κ2) is 5.10. The van der Waals surface area contributed by atoms with E-state index in [9.17, 15) is 0 Å². The molecular formula is C23H18O. The van der Waals surface area contributed by atoms with Crippen molar-refractivity contribution in [3.63, 3.8) is 0 Å². The maximum absolute atomic E-state index is 6.38. The molecule has 0 N–H and O–H groups in total. The minimum atomic E-state index is 0.258. The lowest BCUT2D eigenvalue weighted by Gasteiger charge is -2.30. The quantitative estimate of drug-likeness (QED) is 0.557. The maximum Gasteiger partial charge on any atom is 0.135 e. The highest BCUT2D eigenvalue weighted by Gasteiger charge is 2.39. The van der Waals surface area contributed by atoms with Crippen LogP contribution in [0.1, 0.15) is 41.0 Å². The Morgan fingerprint density at radius 2 is 1.38 bits per heavy atom. The van der Waals surface area contributed by atoms with E-state index in [0.29, 0.717) is 5.92 Å². The molecule has 0 amide bonds.